The highest BCUT2D eigenvalue weighted by molar-refractivity contribution is 6.07. The van der Waals surface area contributed by atoms with Gasteiger partial charge in [-0.1, -0.05) is 31.5 Å². The smallest absolute Gasteiger partial charge is 0.329 e. The molecule has 2 rings (SSSR count). The molecule has 1 unspecified atom stereocenters. The van der Waals surface area contributed by atoms with E-state index < -0.39 is 11.5 Å². The summed E-state index contributed by atoms with van der Waals surface area (Å²) in [6.45, 7) is 3.55. The Balaban J connectivity index is 2.49. The maximum atomic E-state index is 12.1. The Hall–Kier alpha value is -1.84. The fourth-order valence-corrected chi connectivity index (χ4v) is 2.60. The fourth-order valence-electron chi connectivity index (χ4n) is 2.60. The van der Waals surface area contributed by atoms with Gasteiger partial charge in [-0.15, -0.1) is 0 Å². The molecule has 0 aliphatic carbocycles. The monoisotopic (exact) mass is 247 g/mol. The Morgan fingerprint density at radius 3 is 2.72 bits per heavy atom. The number of benzene rings is 1. The normalized spacial score (nSPS) is 17.4. The molecule has 0 fully saturated rings. The fraction of sp³-hybridized carbons (Fsp3) is 0.429. The number of anilines is 1. The molecule has 1 aliphatic heterocycles. The van der Waals surface area contributed by atoms with E-state index >= 15 is 0 Å². The molecule has 1 aromatic rings. The number of carbonyl (C=O) groups is 2. The van der Waals surface area contributed by atoms with Crippen molar-refractivity contribution in [1.82, 2.24) is 0 Å². The number of amides is 1. The van der Waals surface area contributed by atoms with Gasteiger partial charge in [0, 0.05) is 5.69 Å². The highest BCUT2D eigenvalue weighted by atomic mass is 16.4. The second kappa shape index (κ2) is 4.44. The van der Waals surface area contributed by atoms with Crippen LogP contribution in [0.4, 0.5) is 5.69 Å². The number of nitrogens with zero attached hydrogens (tertiary/aromatic N) is 1. The van der Waals surface area contributed by atoms with Gasteiger partial charge in [-0.3, -0.25) is 9.69 Å². The van der Waals surface area contributed by atoms with Crippen LogP contribution in [0.15, 0.2) is 24.3 Å². The highest BCUT2D eigenvalue weighted by Crippen LogP contribution is 2.36. The van der Waals surface area contributed by atoms with E-state index in [4.69, 9.17) is 0 Å². The van der Waals surface area contributed by atoms with Crippen LogP contribution in [0.3, 0.4) is 0 Å². The van der Waals surface area contributed by atoms with Gasteiger partial charge in [0.2, 0.25) is 5.91 Å². The number of hydrogen-bond acceptors (Lipinski definition) is 2. The summed E-state index contributed by atoms with van der Waals surface area (Å²) in [4.78, 5) is 25.1. The van der Waals surface area contributed by atoms with Crippen molar-refractivity contribution in [2.75, 3.05) is 4.90 Å². The van der Waals surface area contributed by atoms with Crippen LogP contribution in [-0.4, -0.2) is 22.5 Å². The first kappa shape index (κ1) is 12.6. The predicted molar refractivity (Wildman–Crippen MR) is 68.6 cm³/mol. The van der Waals surface area contributed by atoms with Crippen molar-refractivity contribution in [3.05, 3.63) is 29.8 Å². The summed E-state index contributed by atoms with van der Waals surface area (Å²) in [6.07, 6.45) is 1.46. The SMILES string of the molecule is CCCC(C)(C(=O)O)N1C(=O)Cc2ccccc21. The first-order valence-electron chi connectivity index (χ1n) is 6.15. The highest BCUT2D eigenvalue weighted by Gasteiger charge is 2.45. The summed E-state index contributed by atoms with van der Waals surface area (Å²) in [5.74, 6) is -1.08. The lowest BCUT2D eigenvalue weighted by Gasteiger charge is -2.35. The van der Waals surface area contributed by atoms with E-state index in [9.17, 15) is 14.7 Å². The van der Waals surface area contributed by atoms with E-state index in [0.717, 1.165) is 17.7 Å². The van der Waals surface area contributed by atoms with E-state index in [0.29, 0.717) is 12.8 Å². The molecule has 1 heterocycles. The average molecular weight is 247 g/mol. The van der Waals surface area contributed by atoms with Crippen molar-refractivity contribution in [2.24, 2.45) is 0 Å². The van der Waals surface area contributed by atoms with Gasteiger partial charge in [-0.05, 0) is 25.0 Å². The molecule has 1 aromatic carbocycles. The van der Waals surface area contributed by atoms with E-state index in [1.165, 1.54) is 4.90 Å². The zero-order valence-electron chi connectivity index (χ0n) is 10.6. The number of carboxylic acid groups (broad SMARTS) is 1. The number of carboxylic acids is 1. The first-order valence-corrected chi connectivity index (χ1v) is 6.15. The zero-order valence-corrected chi connectivity index (χ0v) is 10.6. The molecule has 1 aliphatic rings. The Bertz CT molecular complexity index is 498. The van der Waals surface area contributed by atoms with Gasteiger partial charge in [0.25, 0.3) is 0 Å². The third-order valence-corrected chi connectivity index (χ3v) is 3.51. The second-order valence-corrected chi connectivity index (χ2v) is 4.86. The molecule has 0 saturated heterocycles. The lowest BCUT2D eigenvalue weighted by atomic mass is 9.93. The number of fused-ring (bicyclic) bond motifs is 1. The Labute approximate surface area is 106 Å². The van der Waals surface area contributed by atoms with E-state index in [1.54, 1.807) is 6.92 Å². The van der Waals surface area contributed by atoms with Gasteiger partial charge in [-0.2, -0.15) is 0 Å². The van der Waals surface area contributed by atoms with Crippen LogP contribution < -0.4 is 4.90 Å². The van der Waals surface area contributed by atoms with Crippen molar-refractivity contribution in [1.29, 1.82) is 0 Å². The van der Waals surface area contributed by atoms with E-state index in [2.05, 4.69) is 0 Å². The third kappa shape index (κ3) is 1.78. The van der Waals surface area contributed by atoms with Gasteiger partial charge in [0.15, 0.2) is 0 Å². The van der Waals surface area contributed by atoms with Gasteiger partial charge in [0.05, 0.1) is 6.42 Å². The quantitative estimate of drug-likeness (QED) is 0.887. The summed E-state index contributed by atoms with van der Waals surface area (Å²) in [6, 6.07) is 7.39. The minimum absolute atomic E-state index is 0.130. The molecule has 96 valence electrons. The molecule has 0 spiro atoms. The van der Waals surface area contributed by atoms with Crippen LogP contribution in [0.5, 0.6) is 0 Å². The van der Waals surface area contributed by atoms with Crippen molar-refractivity contribution < 1.29 is 14.7 Å². The molecule has 4 heteroatoms. The number of rotatable bonds is 4. The molecule has 1 amide bonds. The lowest BCUT2D eigenvalue weighted by molar-refractivity contribution is -0.144. The van der Waals surface area contributed by atoms with Gasteiger partial charge in [-0.25, -0.2) is 4.79 Å². The molecule has 4 nitrogen and oxygen atoms in total. The molecular weight excluding hydrogens is 230 g/mol. The van der Waals surface area contributed by atoms with E-state index in [1.807, 2.05) is 31.2 Å². The summed E-state index contributed by atoms with van der Waals surface area (Å²) in [5, 5.41) is 9.47. The van der Waals surface area contributed by atoms with Crippen molar-refractivity contribution in [2.45, 2.75) is 38.6 Å². The van der Waals surface area contributed by atoms with Crippen LogP contribution in [0.2, 0.25) is 0 Å². The molecule has 18 heavy (non-hydrogen) atoms. The molecule has 0 aromatic heterocycles. The van der Waals surface area contributed by atoms with Crippen LogP contribution in [0, 0.1) is 0 Å². The second-order valence-electron chi connectivity index (χ2n) is 4.86. The zero-order chi connectivity index (χ0) is 13.3. The largest absolute Gasteiger partial charge is 0.479 e. The van der Waals surface area contributed by atoms with E-state index in [-0.39, 0.29) is 5.91 Å². The van der Waals surface area contributed by atoms with Gasteiger partial charge in [0.1, 0.15) is 5.54 Å². The molecular formula is C14H17NO3. The Morgan fingerprint density at radius 2 is 2.11 bits per heavy atom. The van der Waals surface area contributed by atoms with Crippen molar-refractivity contribution in [3.8, 4) is 0 Å². The van der Waals surface area contributed by atoms with Crippen molar-refractivity contribution >= 4 is 17.6 Å². The Morgan fingerprint density at radius 1 is 1.44 bits per heavy atom. The summed E-state index contributed by atoms with van der Waals surface area (Å²) < 4.78 is 0. The number of carbonyl (C=O) groups excluding carboxylic acids is 1. The Kier molecular flexibility index (Phi) is 3.11. The lowest BCUT2D eigenvalue weighted by Crippen LogP contribution is -2.54. The summed E-state index contributed by atoms with van der Waals surface area (Å²) >= 11 is 0. The number of aliphatic carboxylic acids is 1. The topological polar surface area (TPSA) is 57.6 Å². The predicted octanol–water partition coefficient (Wildman–Crippen LogP) is 2.22. The standard InChI is InChI=1S/C14H17NO3/c1-3-8-14(2,13(17)18)15-11-7-5-4-6-10(11)9-12(15)16/h4-7H,3,8-9H2,1-2H3,(H,17,18). The van der Waals surface area contributed by atoms with Gasteiger partial charge >= 0.3 is 5.97 Å². The molecule has 1 N–H and O–H groups in total. The van der Waals surface area contributed by atoms with Crippen LogP contribution in [0.1, 0.15) is 32.3 Å². The maximum absolute atomic E-state index is 12.1. The van der Waals surface area contributed by atoms with Crippen LogP contribution in [-0.2, 0) is 16.0 Å². The molecule has 0 radical (unpaired) electrons. The van der Waals surface area contributed by atoms with Crippen molar-refractivity contribution in [3.63, 3.8) is 0 Å². The molecule has 1 atom stereocenters. The van der Waals surface area contributed by atoms with Gasteiger partial charge < -0.3 is 5.11 Å². The summed E-state index contributed by atoms with van der Waals surface area (Å²) in [5.41, 5.74) is 0.491. The van der Waals surface area contributed by atoms with Crippen LogP contribution in [0.25, 0.3) is 0 Å². The first-order chi connectivity index (χ1) is 8.50. The average Bonchev–Trinajstić information content (AvgIpc) is 2.65. The number of para-hydroxylation sites is 1. The number of hydrogen-bond donors (Lipinski definition) is 1. The minimum atomic E-state index is -1.15. The molecule has 0 saturated carbocycles. The minimum Gasteiger partial charge on any atom is -0.479 e. The van der Waals surface area contributed by atoms with Crippen LogP contribution >= 0.6 is 0 Å². The maximum Gasteiger partial charge on any atom is 0.329 e. The molecule has 0 bridgehead atoms. The summed E-state index contributed by atoms with van der Waals surface area (Å²) in [7, 11) is 0. The third-order valence-electron chi connectivity index (χ3n) is 3.51.